The Morgan fingerprint density at radius 1 is 1.06 bits per heavy atom. The highest BCUT2D eigenvalue weighted by atomic mass is 19.1. The molecule has 6 heteroatoms. The topological polar surface area (TPSA) is 77.8 Å². The van der Waals surface area contributed by atoms with E-state index in [1.807, 2.05) is 6.07 Å². The van der Waals surface area contributed by atoms with Crippen molar-refractivity contribution >= 4 is 22.6 Å². The lowest BCUT2D eigenvalue weighted by molar-refractivity contribution is 0.0211. The average molecular weight is 421 g/mol. The van der Waals surface area contributed by atoms with Crippen molar-refractivity contribution in [2.24, 2.45) is 5.92 Å². The second-order valence-electron chi connectivity index (χ2n) is 8.60. The summed E-state index contributed by atoms with van der Waals surface area (Å²) in [6.45, 7) is 4.63. The molecule has 1 unspecified atom stereocenters. The van der Waals surface area contributed by atoms with Crippen LogP contribution in [0.4, 0.5) is 4.39 Å². The molecule has 0 saturated carbocycles. The van der Waals surface area contributed by atoms with Crippen molar-refractivity contribution in [2.45, 2.75) is 25.9 Å². The Labute approximate surface area is 179 Å². The summed E-state index contributed by atoms with van der Waals surface area (Å²) in [5.74, 6) is -2.16. The maximum absolute atomic E-state index is 14.8. The fraction of sp³-hybridized carbons (Fsp3) is 0.280. The first-order chi connectivity index (χ1) is 14.7. The Bertz CT molecular complexity index is 1180. The second-order valence-corrected chi connectivity index (χ2v) is 8.60. The number of hydrogen-bond donors (Lipinski definition) is 2. The molecule has 5 nitrogen and oxygen atoms in total. The van der Waals surface area contributed by atoms with E-state index in [0.717, 1.165) is 17.2 Å². The molecule has 4 rings (SSSR count). The third kappa shape index (κ3) is 3.91. The molecule has 1 atom stereocenters. The number of halogens is 1. The first-order valence-corrected chi connectivity index (χ1v) is 10.2. The molecule has 0 aliphatic carbocycles. The van der Waals surface area contributed by atoms with Gasteiger partial charge in [0, 0.05) is 30.1 Å². The van der Waals surface area contributed by atoms with Gasteiger partial charge >= 0.3 is 5.97 Å². The van der Waals surface area contributed by atoms with Gasteiger partial charge in [0.2, 0.25) is 0 Å². The van der Waals surface area contributed by atoms with E-state index >= 15 is 0 Å². The van der Waals surface area contributed by atoms with E-state index < -0.39 is 17.4 Å². The van der Waals surface area contributed by atoms with Crippen LogP contribution >= 0.6 is 0 Å². The van der Waals surface area contributed by atoms with Gasteiger partial charge < -0.3 is 15.1 Å². The largest absolute Gasteiger partial charge is 0.478 e. The molecule has 31 heavy (non-hydrogen) atoms. The van der Waals surface area contributed by atoms with E-state index in [9.17, 15) is 24.2 Å². The summed E-state index contributed by atoms with van der Waals surface area (Å²) in [6, 6.07) is 14.9. The van der Waals surface area contributed by atoms with Crippen molar-refractivity contribution in [1.82, 2.24) is 4.90 Å². The zero-order valence-corrected chi connectivity index (χ0v) is 17.4. The zero-order chi connectivity index (χ0) is 22.3. The van der Waals surface area contributed by atoms with Gasteiger partial charge in [-0.15, -0.1) is 0 Å². The minimum atomic E-state index is -1.32. The molecule has 1 fully saturated rings. The first kappa shape index (κ1) is 21.0. The summed E-state index contributed by atoms with van der Waals surface area (Å²) in [6.07, 6.45) is 0.756. The number of benzene rings is 3. The van der Waals surface area contributed by atoms with Gasteiger partial charge in [-0.3, -0.25) is 4.79 Å². The van der Waals surface area contributed by atoms with Gasteiger partial charge in [-0.05, 0) is 54.8 Å². The molecule has 1 aliphatic rings. The van der Waals surface area contributed by atoms with Crippen LogP contribution in [-0.4, -0.2) is 45.7 Å². The van der Waals surface area contributed by atoms with Crippen LogP contribution in [-0.2, 0) is 0 Å². The van der Waals surface area contributed by atoms with Crippen molar-refractivity contribution in [3.8, 4) is 11.1 Å². The maximum atomic E-state index is 14.8. The summed E-state index contributed by atoms with van der Waals surface area (Å²) >= 11 is 0. The highest BCUT2D eigenvalue weighted by Gasteiger charge is 2.35. The monoisotopic (exact) mass is 421 g/mol. The molecule has 0 radical (unpaired) electrons. The number of carboxylic acids is 1. The third-order valence-electron chi connectivity index (χ3n) is 6.12. The highest BCUT2D eigenvalue weighted by Crippen LogP contribution is 2.33. The predicted octanol–water partition coefficient (Wildman–Crippen LogP) is 4.58. The number of nitrogens with zero attached hydrogens (tertiary/aromatic N) is 1. The molecule has 3 aromatic carbocycles. The van der Waals surface area contributed by atoms with Gasteiger partial charge in [0.25, 0.3) is 5.91 Å². The van der Waals surface area contributed by atoms with Crippen LogP contribution in [0.3, 0.4) is 0 Å². The van der Waals surface area contributed by atoms with E-state index in [0.29, 0.717) is 24.2 Å². The van der Waals surface area contributed by atoms with Gasteiger partial charge in [-0.2, -0.15) is 0 Å². The van der Waals surface area contributed by atoms with Crippen molar-refractivity contribution in [2.75, 3.05) is 13.1 Å². The number of aliphatic hydroxyl groups is 1. The average Bonchev–Trinajstić information content (AvgIpc) is 3.23. The lowest BCUT2D eigenvalue weighted by Gasteiger charge is -2.25. The summed E-state index contributed by atoms with van der Waals surface area (Å²) in [7, 11) is 0. The normalized spacial score (nSPS) is 16.6. The van der Waals surface area contributed by atoms with E-state index in [1.165, 1.54) is 12.1 Å². The van der Waals surface area contributed by atoms with Crippen LogP contribution < -0.4 is 0 Å². The molecule has 1 saturated heterocycles. The number of rotatable bonds is 4. The molecule has 0 bridgehead atoms. The Balaban J connectivity index is 1.69. The Kier molecular flexibility index (Phi) is 5.27. The van der Waals surface area contributed by atoms with Gasteiger partial charge in [0.1, 0.15) is 5.82 Å². The lowest BCUT2D eigenvalue weighted by Crippen LogP contribution is -2.35. The van der Waals surface area contributed by atoms with Gasteiger partial charge in [-0.25, -0.2) is 9.18 Å². The van der Waals surface area contributed by atoms with Crippen molar-refractivity contribution in [3.63, 3.8) is 0 Å². The predicted molar refractivity (Wildman–Crippen MR) is 117 cm³/mol. The second kappa shape index (κ2) is 7.78. The molecule has 1 aliphatic heterocycles. The summed E-state index contributed by atoms with van der Waals surface area (Å²) in [5, 5.41) is 21.0. The van der Waals surface area contributed by atoms with E-state index in [1.54, 1.807) is 55.1 Å². The number of carbonyl (C=O) groups excluding carboxylic acids is 1. The molecular formula is C25H24FNO4. The molecule has 1 heterocycles. The zero-order valence-electron chi connectivity index (χ0n) is 17.4. The van der Waals surface area contributed by atoms with Crippen LogP contribution in [0.1, 0.15) is 41.0 Å². The standard InChI is InChI=1S/C25H24FNO4/c1-25(2,31)17-11-12-27(14-17)23(28)16-9-10-18-15(13-16)5-3-6-19(18)20-7-4-8-21(22(20)26)24(29)30/h3-10,13,17,31H,11-12,14H2,1-2H3,(H,29,30). The van der Waals surface area contributed by atoms with Gasteiger partial charge in [0.15, 0.2) is 0 Å². The van der Waals surface area contributed by atoms with Crippen LogP contribution in [0.5, 0.6) is 0 Å². The van der Waals surface area contributed by atoms with E-state index in [-0.39, 0.29) is 23.0 Å². The van der Waals surface area contributed by atoms with Crippen molar-refractivity contribution in [3.05, 3.63) is 71.5 Å². The molecule has 160 valence electrons. The Morgan fingerprint density at radius 3 is 2.45 bits per heavy atom. The highest BCUT2D eigenvalue weighted by molar-refractivity contribution is 6.03. The van der Waals surface area contributed by atoms with Crippen LogP contribution in [0.2, 0.25) is 0 Å². The van der Waals surface area contributed by atoms with E-state index in [4.69, 9.17) is 0 Å². The minimum absolute atomic E-state index is 0.0352. The number of amides is 1. The lowest BCUT2D eigenvalue weighted by atomic mass is 9.90. The van der Waals surface area contributed by atoms with Crippen LogP contribution in [0, 0.1) is 11.7 Å². The van der Waals surface area contributed by atoms with Crippen LogP contribution in [0.25, 0.3) is 21.9 Å². The number of carboxylic acid groups (broad SMARTS) is 1. The number of hydrogen-bond acceptors (Lipinski definition) is 3. The van der Waals surface area contributed by atoms with Crippen molar-refractivity contribution in [1.29, 1.82) is 0 Å². The third-order valence-corrected chi connectivity index (χ3v) is 6.12. The molecule has 3 aromatic rings. The molecule has 1 amide bonds. The minimum Gasteiger partial charge on any atom is -0.478 e. The Morgan fingerprint density at radius 2 is 1.77 bits per heavy atom. The molecular weight excluding hydrogens is 397 g/mol. The number of aromatic carboxylic acids is 1. The SMILES string of the molecule is CC(C)(O)C1CCN(C(=O)c2ccc3c(-c4cccc(C(=O)O)c4F)cccc3c2)C1. The first-order valence-electron chi connectivity index (χ1n) is 10.2. The van der Waals surface area contributed by atoms with Crippen LogP contribution in [0.15, 0.2) is 54.6 Å². The fourth-order valence-electron chi connectivity index (χ4n) is 4.26. The maximum Gasteiger partial charge on any atom is 0.338 e. The summed E-state index contributed by atoms with van der Waals surface area (Å²) in [5.41, 5.74) is 0.0945. The van der Waals surface area contributed by atoms with Gasteiger partial charge in [-0.1, -0.05) is 36.4 Å². The number of likely N-dealkylation sites (tertiary alicyclic amines) is 1. The number of fused-ring (bicyclic) bond motifs is 1. The molecule has 0 spiro atoms. The molecule has 2 N–H and O–H groups in total. The smallest absolute Gasteiger partial charge is 0.338 e. The summed E-state index contributed by atoms with van der Waals surface area (Å²) in [4.78, 5) is 26.1. The quantitative estimate of drug-likeness (QED) is 0.647. The van der Waals surface area contributed by atoms with Gasteiger partial charge in [0.05, 0.1) is 11.2 Å². The number of carbonyl (C=O) groups is 2. The molecule has 0 aromatic heterocycles. The van der Waals surface area contributed by atoms with Crippen molar-refractivity contribution < 1.29 is 24.2 Å². The fourth-order valence-corrected chi connectivity index (χ4v) is 4.26. The summed E-state index contributed by atoms with van der Waals surface area (Å²) < 4.78 is 14.8. The van der Waals surface area contributed by atoms with E-state index in [2.05, 4.69) is 0 Å². The Hall–Kier alpha value is -3.25.